The van der Waals surface area contributed by atoms with Gasteiger partial charge in [0, 0.05) is 25.2 Å². The summed E-state index contributed by atoms with van der Waals surface area (Å²) in [4.78, 5) is 11.6. The van der Waals surface area contributed by atoms with E-state index in [0.29, 0.717) is 6.04 Å². The smallest absolute Gasteiger partial charge is 0.168 e. The lowest BCUT2D eigenvalue weighted by Crippen LogP contribution is -2.40. The van der Waals surface area contributed by atoms with Gasteiger partial charge in [-0.3, -0.25) is 0 Å². The summed E-state index contributed by atoms with van der Waals surface area (Å²) in [5.74, 6) is 0.900. The first-order valence-corrected chi connectivity index (χ1v) is 9.13. The fourth-order valence-corrected chi connectivity index (χ4v) is 3.76. The highest BCUT2D eigenvalue weighted by atomic mass is 15.3. The second-order valence-corrected chi connectivity index (χ2v) is 7.04. The monoisotopic (exact) mass is 334 g/mol. The van der Waals surface area contributed by atoms with Crippen LogP contribution in [0.2, 0.25) is 0 Å². The Kier molecular flexibility index (Phi) is 3.63. The number of para-hydroxylation sites is 1. The van der Waals surface area contributed by atoms with E-state index in [-0.39, 0.29) is 0 Å². The Morgan fingerprint density at radius 1 is 0.960 bits per heavy atom. The molecule has 1 saturated heterocycles. The van der Waals surface area contributed by atoms with Gasteiger partial charge in [0.2, 0.25) is 0 Å². The van der Waals surface area contributed by atoms with E-state index in [1.165, 1.54) is 38.8 Å². The quantitative estimate of drug-likeness (QED) is 0.795. The van der Waals surface area contributed by atoms with Crippen molar-refractivity contribution in [2.24, 2.45) is 0 Å². The maximum absolute atomic E-state index is 4.53. The first-order chi connectivity index (χ1) is 12.4. The number of rotatable bonds is 4. The molecule has 6 heteroatoms. The van der Waals surface area contributed by atoms with E-state index >= 15 is 0 Å². The first kappa shape index (κ1) is 14.8. The number of aromatic nitrogens is 4. The third kappa shape index (κ3) is 2.87. The summed E-state index contributed by atoms with van der Waals surface area (Å²) in [6, 6.07) is 11.5. The molecule has 1 saturated carbocycles. The minimum Gasteiger partial charge on any atom is -0.367 e. The molecule has 1 N–H and O–H groups in total. The molecule has 25 heavy (non-hydrogen) atoms. The Morgan fingerprint density at radius 3 is 2.52 bits per heavy atom. The zero-order chi connectivity index (χ0) is 16.6. The summed E-state index contributed by atoms with van der Waals surface area (Å²) in [6.07, 6.45) is 8.63. The molecule has 0 radical (unpaired) electrons. The molecule has 1 aliphatic heterocycles. The van der Waals surface area contributed by atoms with Crippen LogP contribution in [0.5, 0.6) is 0 Å². The van der Waals surface area contributed by atoms with E-state index in [4.69, 9.17) is 0 Å². The van der Waals surface area contributed by atoms with Crippen LogP contribution in [0, 0.1) is 0 Å². The summed E-state index contributed by atoms with van der Waals surface area (Å²) < 4.78 is 1.87. The molecule has 0 unspecified atom stereocenters. The number of nitrogens with one attached hydrogen (secondary N) is 1. The van der Waals surface area contributed by atoms with Crippen molar-refractivity contribution in [2.45, 2.75) is 37.8 Å². The zero-order valence-electron chi connectivity index (χ0n) is 14.2. The molecule has 5 rings (SSSR count). The van der Waals surface area contributed by atoms with Crippen molar-refractivity contribution in [2.75, 3.05) is 18.4 Å². The van der Waals surface area contributed by atoms with E-state index in [9.17, 15) is 0 Å². The molecule has 2 aromatic heterocycles. The van der Waals surface area contributed by atoms with Gasteiger partial charge in [0.25, 0.3) is 0 Å². The van der Waals surface area contributed by atoms with Gasteiger partial charge in [-0.15, -0.1) is 0 Å². The molecule has 1 aliphatic carbocycles. The summed E-state index contributed by atoms with van der Waals surface area (Å²) >= 11 is 0. The number of anilines is 1. The molecule has 6 nitrogen and oxygen atoms in total. The van der Waals surface area contributed by atoms with Gasteiger partial charge >= 0.3 is 0 Å². The van der Waals surface area contributed by atoms with Crippen molar-refractivity contribution in [1.82, 2.24) is 24.6 Å². The van der Waals surface area contributed by atoms with Crippen molar-refractivity contribution in [3.8, 4) is 5.69 Å². The molecular formula is C19H22N6. The Balaban J connectivity index is 1.38. The fraction of sp³-hybridized carbons (Fsp3) is 0.421. The summed E-state index contributed by atoms with van der Waals surface area (Å²) in [5, 5.41) is 9.15. The van der Waals surface area contributed by atoms with Crippen LogP contribution in [0.15, 0.2) is 42.9 Å². The van der Waals surface area contributed by atoms with Crippen LogP contribution < -0.4 is 5.32 Å². The van der Waals surface area contributed by atoms with Crippen molar-refractivity contribution >= 4 is 16.9 Å². The lowest BCUT2D eigenvalue weighted by Gasteiger charge is -2.32. The van der Waals surface area contributed by atoms with Gasteiger partial charge in [0.1, 0.15) is 12.1 Å². The number of nitrogens with zero attached hydrogens (tertiary/aromatic N) is 5. The Labute approximate surface area is 146 Å². The summed E-state index contributed by atoms with van der Waals surface area (Å²) in [7, 11) is 0. The van der Waals surface area contributed by atoms with Crippen LogP contribution in [0.4, 0.5) is 5.82 Å². The minimum absolute atomic E-state index is 0.480. The minimum atomic E-state index is 0.480. The van der Waals surface area contributed by atoms with Crippen molar-refractivity contribution < 1.29 is 0 Å². The maximum Gasteiger partial charge on any atom is 0.168 e. The molecule has 3 aromatic rings. The fourth-order valence-electron chi connectivity index (χ4n) is 3.76. The second-order valence-electron chi connectivity index (χ2n) is 7.04. The number of likely N-dealkylation sites (tertiary alicyclic amines) is 1. The molecule has 2 aliphatic rings. The van der Waals surface area contributed by atoms with E-state index < -0.39 is 0 Å². The molecule has 0 bridgehead atoms. The van der Waals surface area contributed by atoms with Crippen molar-refractivity contribution in [3.05, 3.63) is 42.9 Å². The van der Waals surface area contributed by atoms with Gasteiger partial charge in [-0.25, -0.2) is 14.6 Å². The lowest BCUT2D eigenvalue weighted by atomic mass is 10.0. The van der Waals surface area contributed by atoms with Gasteiger partial charge < -0.3 is 10.2 Å². The van der Waals surface area contributed by atoms with Gasteiger partial charge in [-0.1, -0.05) is 18.2 Å². The summed E-state index contributed by atoms with van der Waals surface area (Å²) in [6.45, 7) is 2.39. The molecule has 0 amide bonds. The zero-order valence-corrected chi connectivity index (χ0v) is 14.2. The Morgan fingerprint density at radius 2 is 1.76 bits per heavy atom. The predicted octanol–water partition coefficient (Wildman–Crippen LogP) is 2.85. The Hall–Kier alpha value is -2.47. The Bertz CT molecular complexity index is 862. The van der Waals surface area contributed by atoms with Crippen molar-refractivity contribution in [1.29, 1.82) is 0 Å². The SMILES string of the molecule is c1ccc(-n2ncc3c(NC4CCN(C5CC5)CC4)ncnc32)cc1. The van der Waals surface area contributed by atoms with Crippen molar-refractivity contribution in [3.63, 3.8) is 0 Å². The molecule has 0 atom stereocenters. The highest BCUT2D eigenvalue weighted by molar-refractivity contribution is 5.87. The van der Waals surface area contributed by atoms with Gasteiger partial charge in [-0.05, 0) is 37.8 Å². The molecule has 0 spiro atoms. The predicted molar refractivity (Wildman–Crippen MR) is 97.9 cm³/mol. The van der Waals surface area contributed by atoms with E-state index in [0.717, 1.165) is 28.6 Å². The second kappa shape index (κ2) is 6.11. The van der Waals surface area contributed by atoms with Crippen LogP contribution in [0.3, 0.4) is 0 Å². The van der Waals surface area contributed by atoms with E-state index in [1.54, 1.807) is 6.33 Å². The highest BCUT2D eigenvalue weighted by Crippen LogP contribution is 2.30. The average Bonchev–Trinajstić information content (AvgIpc) is 3.42. The van der Waals surface area contributed by atoms with E-state index in [1.807, 2.05) is 41.2 Å². The standard InChI is InChI=1S/C19H22N6/c1-2-4-16(5-3-1)25-19-17(12-22-25)18(20-13-21-19)23-14-8-10-24(11-9-14)15-6-7-15/h1-5,12-15H,6-11H2,(H,20,21,23). The molecule has 1 aromatic carbocycles. The lowest BCUT2D eigenvalue weighted by molar-refractivity contribution is 0.210. The molecular weight excluding hydrogens is 312 g/mol. The molecule has 2 fully saturated rings. The van der Waals surface area contributed by atoms with E-state index in [2.05, 4.69) is 25.3 Å². The summed E-state index contributed by atoms with van der Waals surface area (Å²) in [5.41, 5.74) is 1.86. The largest absolute Gasteiger partial charge is 0.367 e. The first-order valence-electron chi connectivity index (χ1n) is 9.13. The number of hydrogen-bond donors (Lipinski definition) is 1. The number of piperidine rings is 1. The van der Waals surface area contributed by atoms with Crippen LogP contribution in [0.1, 0.15) is 25.7 Å². The molecule has 128 valence electrons. The highest BCUT2D eigenvalue weighted by Gasteiger charge is 2.31. The van der Waals surface area contributed by atoms with Gasteiger partial charge in [0.05, 0.1) is 17.3 Å². The maximum atomic E-state index is 4.53. The van der Waals surface area contributed by atoms with Crippen LogP contribution in [-0.2, 0) is 0 Å². The topological polar surface area (TPSA) is 58.9 Å². The average molecular weight is 334 g/mol. The van der Waals surface area contributed by atoms with Gasteiger partial charge in [-0.2, -0.15) is 5.10 Å². The number of hydrogen-bond acceptors (Lipinski definition) is 5. The van der Waals surface area contributed by atoms with Gasteiger partial charge in [0.15, 0.2) is 5.65 Å². The molecule has 3 heterocycles. The number of benzene rings is 1. The van der Waals surface area contributed by atoms with Crippen LogP contribution in [0.25, 0.3) is 16.7 Å². The van der Waals surface area contributed by atoms with Crippen LogP contribution in [-0.4, -0.2) is 49.8 Å². The third-order valence-electron chi connectivity index (χ3n) is 5.30. The number of fused-ring (bicyclic) bond motifs is 1. The van der Waals surface area contributed by atoms with Crippen LogP contribution >= 0.6 is 0 Å². The third-order valence-corrected chi connectivity index (χ3v) is 5.30. The normalized spacial score (nSPS) is 19.4.